The number of imide groups is 2. The summed E-state index contributed by atoms with van der Waals surface area (Å²) in [6.07, 6.45) is 3.99. The molecule has 0 radical (unpaired) electrons. The predicted molar refractivity (Wildman–Crippen MR) is 123 cm³/mol. The predicted octanol–water partition coefficient (Wildman–Crippen LogP) is 1.25. The lowest BCUT2D eigenvalue weighted by atomic mass is 9.40. The van der Waals surface area contributed by atoms with Crippen LogP contribution in [0.5, 0.6) is 0 Å². The van der Waals surface area contributed by atoms with Crippen molar-refractivity contribution in [3.05, 3.63) is 12.2 Å². The van der Waals surface area contributed by atoms with Gasteiger partial charge in [0, 0.05) is 0 Å². The van der Waals surface area contributed by atoms with Gasteiger partial charge in [0.2, 0.25) is 23.6 Å². The van der Waals surface area contributed by atoms with Gasteiger partial charge in [-0.15, -0.1) is 0 Å². The molecule has 2 heterocycles. The molecule has 2 saturated heterocycles. The molecule has 10 nitrogen and oxygen atoms in total. The van der Waals surface area contributed by atoms with E-state index in [0.29, 0.717) is 0 Å². The minimum atomic E-state index is -1.25. The molecule has 2 aliphatic heterocycles. The van der Waals surface area contributed by atoms with Crippen molar-refractivity contribution in [3.8, 4) is 0 Å². The molecule has 6 rings (SSSR count). The number of fused-ring (bicyclic) bond motifs is 1. The Morgan fingerprint density at radius 2 is 0.972 bits per heavy atom. The summed E-state index contributed by atoms with van der Waals surface area (Å²) >= 11 is 0. The second-order valence-corrected chi connectivity index (χ2v) is 11.9. The molecule has 10 heteroatoms. The van der Waals surface area contributed by atoms with Crippen LogP contribution in [0.1, 0.15) is 40.5 Å². The third-order valence-electron chi connectivity index (χ3n) is 8.99. The molecule has 0 aromatic rings. The monoisotopic (exact) mass is 500 g/mol. The summed E-state index contributed by atoms with van der Waals surface area (Å²) in [5.41, 5.74) is 0. The molecule has 4 amide bonds. The summed E-state index contributed by atoms with van der Waals surface area (Å²) in [5.74, 6) is -9.14. The second kappa shape index (κ2) is 8.24. The number of carbonyl (C=O) groups excluding carboxylic acids is 4. The highest BCUT2D eigenvalue weighted by Crippen LogP contribution is 2.68. The zero-order chi connectivity index (χ0) is 26.4. The fraction of sp³-hybridized carbons (Fsp3) is 0.692. The number of likely N-dealkylation sites (tertiary alicyclic amines) is 2. The quantitative estimate of drug-likeness (QED) is 0.374. The molecule has 194 valence electrons. The number of carboxylic acids is 2. The number of carboxylic acid groups (broad SMARTS) is 2. The molecule has 10 unspecified atom stereocenters. The number of allylic oxidation sites excluding steroid dienone is 2. The van der Waals surface area contributed by atoms with Crippen LogP contribution in [-0.2, 0) is 28.8 Å². The summed E-state index contributed by atoms with van der Waals surface area (Å²) in [6, 6.07) is -2.49. The Kier molecular flexibility index (Phi) is 5.64. The Hall–Kier alpha value is -3.04. The van der Waals surface area contributed by atoms with E-state index in [1.165, 1.54) is 0 Å². The van der Waals surface area contributed by atoms with Gasteiger partial charge in [-0.2, -0.15) is 0 Å². The molecular formula is C26H32N2O8. The number of hydrogen-bond acceptors (Lipinski definition) is 6. The third kappa shape index (κ3) is 3.15. The first-order valence-corrected chi connectivity index (χ1v) is 12.8. The van der Waals surface area contributed by atoms with E-state index >= 15 is 0 Å². The van der Waals surface area contributed by atoms with Crippen molar-refractivity contribution in [1.82, 2.24) is 9.80 Å². The Morgan fingerprint density at radius 3 is 1.25 bits per heavy atom. The molecule has 4 fully saturated rings. The van der Waals surface area contributed by atoms with Crippen LogP contribution in [0.15, 0.2) is 12.2 Å². The average molecular weight is 501 g/mol. The highest BCUT2D eigenvalue weighted by Gasteiger charge is 2.75. The SMILES string of the molecule is CC(C)CC(C(=O)O)N1C(=O)C2C3C=CC(C2C1=O)C1C2C(=O)N(C(CC(C)C)C(=O)O)C(=O)C2C31. The van der Waals surface area contributed by atoms with Gasteiger partial charge in [-0.25, -0.2) is 9.59 Å². The van der Waals surface area contributed by atoms with Crippen LogP contribution in [0.4, 0.5) is 0 Å². The van der Waals surface area contributed by atoms with Crippen molar-refractivity contribution in [2.45, 2.75) is 52.6 Å². The number of carbonyl (C=O) groups is 6. The van der Waals surface area contributed by atoms with Gasteiger partial charge >= 0.3 is 11.9 Å². The molecule has 2 saturated carbocycles. The number of rotatable bonds is 8. The lowest BCUT2D eigenvalue weighted by molar-refractivity contribution is -0.166. The Morgan fingerprint density at radius 1 is 0.667 bits per heavy atom. The van der Waals surface area contributed by atoms with Crippen LogP contribution in [-0.4, -0.2) is 67.7 Å². The fourth-order valence-corrected chi connectivity index (χ4v) is 7.79. The Labute approximate surface area is 208 Å². The van der Waals surface area contributed by atoms with Gasteiger partial charge in [0.15, 0.2) is 0 Å². The van der Waals surface area contributed by atoms with Crippen LogP contribution in [0.2, 0.25) is 0 Å². The van der Waals surface area contributed by atoms with Crippen LogP contribution in [0.3, 0.4) is 0 Å². The van der Waals surface area contributed by atoms with Gasteiger partial charge in [-0.1, -0.05) is 39.8 Å². The molecule has 0 aromatic heterocycles. The number of aliphatic carboxylic acids is 2. The number of amides is 4. The van der Waals surface area contributed by atoms with Crippen molar-refractivity contribution in [2.24, 2.45) is 59.2 Å². The van der Waals surface area contributed by atoms with E-state index < -0.39 is 83.2 Å². The summed E-state index contributed by atoms with van der Waals surface area (Å²) in [4.78, 5) is 79.8. The molecule has 2 bridgehead atoms. The maximum atomic E-state index is 13.5. The zero-order valence-corrected chi connectivity index (χ0v) is 20.7. The first-order valence-electron chi connectivity index (χ1n) is 12.8. The van der Waals surface area contributed by atoms with Crippen molar-refractivity contribution in [3.63, 3.8) is 0 Å². The lowest BCUT2D eigenvalue weighted by Crippen LogP contribution is -2.63. The zero-order valence-electron chi connectivity index (χ0n) is 20.7. The van der Waals surface area contributed by atoms with Crippen molar-refractivity contribution < 1.29 is 39.0 Å². The van der Waals surface area contributed by atoms with Gasteiger partial charge in [0.05, 0.1) is 23.7 Å². The van der Waals surface area contributed by atoms with E-state index in [1.807, 2.05) is 39.8 Å². The maximum absolute atomic E-state index is 13.5. The van der Waals surface area contributed by atoms with Crippen LogP contribution in [0.25, 0.3) is 0 Å². The smallest absolute Gasteiger partial charge is 0.326 e. The van der Waals surface area contributed by atoms with Gasteiger partial charge in [0.25, 0.3) is 0 Å². The van der Waals surface area contributed by atoms with Crippen molar-refractivity contribution >= 4 is 35.6 Å². The topological polar surface area (TPSA) is 149 Å². The summed E-state index contributed by atoms with van der Waals surface area (Å²) in [6.45, 7) is 7.31. The molecule has 36 heavy (non-hydrogen) atoms. The molecule has 0 aromatic carbocycles. The average Bonchev–Trinajstić information content (AvgIpc) is 3.14. The fourth-order valence-electron chi connectivity index (χ4n) is 7.79. The van der Waals surface area contributed by atoms with Gasteiger partial charge in [-0.3, -0.25) is 29.0 Å². The van der Waals surface area contributed by atoms with Gasteiger partial charge in [-0.05, 0) is 48.3 Å². The Bertz CT molecular complexity index is 1040. The van der Waals surface area contributed by atoms with Gasteiger partial charge in [0.1, 0.15) is 12.1 Å². The number of hydrogen-bond donors (Lipinski definition) is 2. The largest absolute Gasteiger partial charge is 0.480 e. The third-order valence-corrected chi connectivity index (χ3v) is 8.99. The standard InChI is InChI=1S/C26H32N2O8/c1-9(2)7-13(25(33)34)27-21(29)17-11-5-6-12(18(17)22(27)30)16-15(11)19-20(16)24(32)28(23(19)31)14(26(35)36)8-10(3)4/h5-6,9-20H,7-8H2,1-4H3,(H,33,34)(H,35,36). The molecule has 2 N–H and O–H groups in total. The van der Waals surface area contributed by atoms with Crippen LogP contribution in [0, 0.1) is 59.2 Å². The van der Waals surface area contributed by atoms with Crippen LogP contribution >= 0.6 is 0 Å². The lowest BCUT2D eigenvalue weighted by Gasteiger charge is -2.60. The highest BCUT2D eigenvalue weighted by molar-refractivity contribution is 6.11. The van der Waals surface area contributed by atoms with E-state index in [1.54, 1.807) is 0 Å². The summed E-state index contributed by atoms with van der Waals surface area (Å²) in [7, 11) is 0. The molecule has 10 atom stereocenters. The molecule has 6 aliphatic rings. The van der Waals surface area contributed by atoms with E-state index in [-0.39, 0.29) is 36.5 Å². The van der Waals surface area contributed by atoms with E-state index in [9.17, 15) is 39.0 Å². The minimum absolute atomic E-state index is 0.0429. The minimum Gasteiger partial charge on any atom is -0.480 e. The molecular weight excluding hydrogens is 468 g/mol. The van der Waals surface area contributed by atoms with E-state index in [4.69, 9.17) is 0 Å². The number of nitrogens with zero attached hydrogens (tertiary/aromatic N) is 2. The van der Waals surface area contributed by atoms with E-state index in [0.717, 1.165) is 9.80 Å². The highest BCUT2D eigenvalue weighted by atomic mass is 16.4. The molecule has 0 spiro atoms. The van der Waals surface area contributed by atoms with Gasteiger partial charge < -0.3 is 10.2 Å². The Balaban J connectivity index is 1.47. The van der Waals surface area contributed by atoms with E-state index in [2.05, 4.69) is 0 Å². The summed E-state index contributed by atoms with van der Waals surface area (Å²) in [5, 5.41) is 19.6. The second-order valence-electron chi connectivity index (χ2n) is 11.9. The normalized spacial score (nSPS) is 37.8. The summed E-state index contributed by atoms with van der Waals surface area (Å²) < 4.78 is 0. The first kappa shape index (κ1) is 24.6. The van der Waals surface area contributed by atoms with Crippen molar-refractivity contribution in [2.75, 3.05) is 0 Å². The molecule has 4 aliphatic carbocycles. The van der Waals surface area contributed by atoms with Crippen LogP contribution < -0.4 is 0 Å². The first-order chi connectivity index (χ1) is 16.9. The van der Waals surface area contributed by atoms with Crippen molar-refractivity contribution in [1.29, 1.82) is 0 Å². The maximum Gasteiger partial charge on any atom is 0.326 e.